The Hall–Kier alpha value is -1.13. The van der Waals surface area contributed by atoms with Crippen LogP contribution < -0.4 is 5.73 Å². The average Bonchev–Trinajstić information content (AvgIpc) is 2.41. The molecule has 0 aliphatic carbocycles. The van der Waals surface area contributed by atoms with Crippen LogP contribution in [-0.4, -0.2) is 29.9 Å². The molecular weight excluding hydrogens is 291 g/mol. The molecule has 2 N–H and O–H groups in total. The van der Waals surface area contributed by atoms with Crippen LogP contribution in [0, 0.1) is 11.2 Å². The molecule has 2 unspecified atom stereocenters. The zero-order valence-corrected chi connectivity index (χ0v) is 13.6. The highest BCUT2D eigenvalue weighted by Gasteiger charge is 2.36. The maximum absolute atomic E-state index is 13.8. The highest BCUT2D eigenvalue weighted by atomic mass is 35.5. The molecule has 2 atom stereocenters. The molecule has 1 aromatic rings. The van der Waals surface area contributed by atoms with Crippen molar-refractivity contribution in [2.75, 3.05) is 13.1 Å². The maximum Gasteiger partial charge on any atom is 0.229 e. The number of halogens is 2. The van der Waals surface area contributed by atoms with E-state index >= 15 is 0 Å². The Kier molecular flexibility index (Phi) is 5.76. The SMILES string of the molecule is CC(C(=O)N1CCC(N)C(C)(C)C1)c1ccccc1F.Cl. The Morgan fingerprint density at radius 2 is 2.05 bits per heavy atom. The predicted octanol–water partition coefficient (Wildman–Crippen LogP) is 2.94. The maximum atomic E-state index is 13.8. The van der Waals surface area contributed by atoms with Crippen molar-refractivity contribution in [3.63, 3.8) is 0 Å². The lowest BCUT2D eigenvalue weighted by Crippen LogP contribution is -2.54. The van der Waals surface area contributed by atoms with Gasteiger partial charge in [0.05, 0.1) is 5.92 Å². The van der Waals surface area contributed by atoms with E-state index in [0.717, 1.165) is 6.42 Å². The van der Waals surface area contributed by atoms with Gasteiger partial charge < -0.3 is 10.6 Å². The van der Waals surface area contributed by atoms with Crippen molar-refractivity contribution in [1.29, 1.82) is 0 Å². The molecule has 1 aliphatic heterocycles. The fraction of sp³-hybridized carbons (Fsp3) is 0.562. The van der Waals surface area contributed by atoms with E-state index in [1.165, 1.54) is 6.07 Å². The van der Waals surface area contributed by atoms with Gasteiger partial charge in [-0.25, -0.2) is 4.39 Å². The summed E-state index contributed by atoms with van der Waals surface area (Å²) in [6.45, 7) is 7.20. The highest BCUT2D eigenvalue weighted by molar-refractivity contribution is 5.85. The fourth-order valence-corrected chi connectivity index (χ4v) is 2.80. The van der Waals surface area contributed by atoms with E-state index < -0.39 is 5.92 Å². The van der Waals surface area contributed by atoms with Crippen molar-refractivity contribution in [2.24, 2.45) is 11.1 Å². The van der Waals surface area contributed by atoms with Crippen LogP contribution >= 0.6 is 12.4 Å². The zero-order valence-electron chi connectivity index (χ0n) is 12.8. The van der Waals surface area contributed by atoms with E-state index in [9.17, 15) is 9.18 Å². The van der Waals surface area contributed by atoms with Crippen molar-refractivity contribution in [1.82, 2.24) is 4.90 Å². The molecule has 1 aliphatic rings. The first kappa shape index (κ1) is 17.9. The first-order valence-electron chi connectivity index (χ1n) is 7.12. The smallest absolute Gasteiger partial charge is 0.229 e. The Labute approximate surface area is 132 Å². The number of hydrogen-bond donors (Lipinski definition) is 1. The van der Waals surface area contributed by atoms with Crippen molar-refractivity contribution < 1.29 is 9.18 Å². The Morgan fingerprint density at radius 3 is 2.62 bits per heavy atom. The summed E-state index contributed by atoms with van der Waals surface area (Å²) in [6.07, 6.45) is 0.794. The lowest BCUT2D eigenvalue weighted by molar-refractivity contribution is -0.135. The summed E-state index contributed by atoms with van der Waals surface area (Å²) in [4.78, 5) is 14.4. The van der Waals surface area contributed by atoms with E-state index in [1.807, 2.05) is 4.90 Å². The Morgan fingerprint density at radius 1 is 1.43 bits per heavy atom. The molecule has 0 saturated carbocycles. The third-order valence-corrected chi connectivity index (χ3v) is 4.37. The monoisotopic (exact) mass is 314 g/mol. The van der Waals surface area contributed by atoms with Gasteiger partial charge in [-0.3, -0.25) is 4.79 Å². The lowest BCUT2D eigenvalue weighted by Gasteiger charge is -2.43. The van der Waals surface area contributed by atoms with Gasteiger partial charge >= 0.3 is 0 Å². The standard InChI is InChI=1S/C16H23FN2O.ClH/c1-11(12-6-4-5-7-13(12)17)15(20)19-9-8-14(18)16(2,3)10-19;/h4-7,11,14H,8-10,18H2,1-3H3;1H. The fourth-order valence-electron chi connectivity index (χ4n) is 2.80. The number of benzene rings is 1. The number of amides is 1. The van der Waals surface area contributed by atoms with Gasteiger partial charge in [-0.15, -0.1) is 12.4 Å². The third-order valence-electron chi connectivity index (χ3n) is 4.37. The van der Waals surface area contributed by atoms with Crippen molar-refractivity contribution in [3.05, 3.63) is 35.6 Å². The first-order chi connectivity index (χ1) is 9.33. The highest BCUT2D eigenvalue weighted by Crippen LogP contribution is 2.30. The first-order valence-corrected chi connectivity index (χ1v) is 7.12. The van der Waals surface area contributed by atoms with E-state index in [2.05, 4.69) is 13.8 Å². The minimum absolute atomic E-state index is 0. The molecule has 0 radical (unpaired) electrons. The van der Waals surface area contributed by atoms with Gasteiger partial charge in [0.1, 0.15) is 5.82 Å². The molecule has 0 spiro atoms. The summed E-state index contributed by atoms with van der Waals surface area (Å²) in [7, 11) is 0. The molecule has 1 amide bonds. The van der Waals surface area contributed by atoms with Gasteiger partial charge in [-0.1, -0.05) is 32.0 Å². The number of carbonyl (C=O) groups is 1. The van der Waals surface area contributed by atoms with E-state index in [-0.39, 0.29) is 35.6 Å². The third kappa shape index (κ3) is 3.74. The quantitative estimate of drug-likeness (QED) is 0.912. The molecular formula is C16H24ClFN2O. The molecule has 5 heteroatoms. The Balaban J connectivity index is 0.00000220. The van der Waals surface area contributed by atoms with Gasteiger partial charge in [0, 0.05) is 19.1 Å². The minimum atomic E-state index is -0.457. The number of nitrogens with two attached hydrogens (primary N) is 1. The average molecular weight is 315 g/mol. The zero-order chi connectivity index (χ0) is 14.9. The summed E-state index contributed by atoms with van der Waals surface area (Å²) in [5.41, 5.74) is 6.46. The van der Waals surface area contributed by atoms with Gasteiger partial charge in [-0.05, 0) is 30.4 Å². The van der Waals surface area contributed by atoms with Gasteiger partial charge in [0.15, 0.2) is 0 Å². The number of carbonyl (C=O) groups excluding carboxylic acids is 1. The summed E-state index contributed by atoms with van der Waals surface area (Å²) >= 11 is 0. The second-order valence-electron chi connectivity index (χ2n) is 6.39. The molecule has 3 nitrogen and oxygen atoms in total. The van der Waals surface area contributed by atoms with Crippen LogP contribution in [0.25, 0.3) is 0 Å². The summed E-state index contributed by atoms with van der Waals surface area (Å²) in [6, 6.07) is 6.58. The van der Waals surface area contributed by atoms with Gasteiger partial charge in [-0.2, -0.15) is 0 Å². The van der Waals surface area contributed by atoms with Gasteiger partial charge in [0.25, 0.3) is 0 Å². The van der Waals surface area contributed by atoms with E-state index in [1.54, 1.807) is 25.1 Å². The molecule has 2 rings (SSSR count). The summed E-state index contributed by atoms with van der Waals surface area (Å²) in [5.74, 6) is -0.794. The molecule has 0 bridgehead atoms. The predicted molar refractivity (Wildman–Crippen MR) is 85.0 cm³/mol. The second kappa shape index (κ2) is 6.75. The second-order valence-corrected chi connectivity index (χ2v) is 6.39. The molecule has 0 aromatic heterocycles. The van der Waals surface area contributed by atoms with Gasteiger partial charge in [0.2, 0.25) is 5.91 Å². The molecule has 118 valence electrons. The number of hydrogen-bond acceptors (Lipinski definition) is 2. The molecule has 1 heterocycles. The minimum Gasteiger partial charge on any atom is -0.342 e. The molecule has 1 fully saturated rings. The Bertz CT molecular complexity index is 507. The van der Waals surface area contributed by atoms with Crippen LogP contribution in [0.2, 0.25) is 0 Å². The number of nitrogens with zero attached hydrogens (tertiary/aromatic N) is 1. The van der Waals surface area contributed by atoms with Crippen LogP contribution in [0.1, 0.15) is 38.7 Å². The van der Waals surface area contributed by atoms with Crippen LogP contribution in [0.15, 0.2) is 24.3 Å². The number of likely N-dealkylation sites (tertiary alicyclic amines) is 1. The van der Waals surface area contributed by atoms with E-state index in [0.29, 0.717) is 18.7 Å². The van der Waals surface area contributed by atoms with Crippen molar-refractivity contribution >= 4 is 18.3 Å². The largest absolute Gasteiger partial charge is 0.342 e. The normalized spacial score (nSPS) is 22.3. The summed E-state index contributed by atoms with van der Waals surface area (Å²) < 4.78 is 13.8. The molecule has 1 aromatic carbocycles. The summed E-state index contributed by atoms with van der Waals surface area (Å²) in [5, 5.41) is 0. The number of rotatable bonds is 2. The van der Waals surface area contributed by atoms with Crippen LogP contribution in [0.5, 0.6) is 0 Å². The van der Waals surface area contributed by atoms with Crippen LogP contribution in [0.4, 0.5) is 4.39 Å². The molecule has 1 saturated heterocycles. The van der Waals surface area contributed by atoms with Crippen LogP contribution in [0.3, 0.4) is 0 Å². The number of piperidine rings is 1. The molecule has 21 heavy (non-hydrogen) atoms. The van der Waals surface area contributed by atoms with E-state index in [4.69, 9.17) is 5.73 Å². The lowest BCUT2D eigenvalue weighted by atomic mass is 9.79. The van der Waals surface area contributed by atoms with Crippen molar-refractivity contribution in [3.8, 4) is 0 Å². The van der Waals surface area contributed by atoms with Crippen LogP contribution in [-0.2, 0) is 4.79 Å². The topological polar surface area (TPSA) is 46.3 Å². The van der Waals surface area contributed by atoms with Crippen molar-refractivity contribution in [2.45, 2.75) is 39.2 Å².